The Morgan fingerprint density at radius 1 is 0.756 bits per heavy atom. The van der Waals surface area contributed by atoms with Gasteiger partial charge in [0.1, 0.15) is 5.54 Å². The molecule has 5 aliphatic rings. The molecule has 0 saturated heterocycles. The van der Waals surface area contributed by atoms with Crippen molar-refractivity contribution in [1.29, 1.82) is 0 Å². The zero-order valence-electron chi connectivity index (χ0n) is 22.6. The third-order valence-electron chi connectivity index (χ3n) is 8.29. The van der Waals surface area contributed by atoms with Gasteiger partial charge in [-0.2, -0.15) is 0 Å². The summed E-state index contributed by atoms with van der Waals surface area (Å²) in [6.45, 7) is 0.370. The average molecular weight is 565 g/mol. The van der Waals surface area contributed by atoms with E-state index in [1.54, 1.807) is 18.2 Å². The number of carboxylic acid groups (broad SMARTS) is 1. The lowest BCUT2D eigenvalue weighted by molar-refractivity contribution is -0.146. The minimum atomic E-state index is -1.15. The van der Waals surface area contributed by atoms with E-state index in [-0.39, 0.29) is 19.6 Å². The molecule has 11 heteroatoms. The quantitative estimate of drug-likeness (QED) is 0.518. The van der Waals surface area contributed by atoms with E-state index < -0.39 is 23.0 Å². The molecule has 216 valence electrons. The molecule has 0 bridgehead atoms. The molecule has 1 spiro atoms. The lowest BCUT2D eigenvalue weighted by Gasteiger charge is -2.34. The van der Waals surface area contributed by atoms with Crippen LogP contribution in [0.15, 0.2) is 41.4 Å². The predicted octanol–water partition coefficient (Wildman–Crippen LogP) is 4.35. The Hall–Kier alpha value is -4.28. The third kappa shape index (κ3) is 5.28. The van der Waals surface area contributed by atoms with Crippen molar-refractivity contribution in [2.24, 2.45) is 4.99 Å². The lowest BCUT2D eigenvalue weighted by atomic mass is 9.81. The fourth-order valence-corrected chi connectivity index (χ4v) is 5.93. The van der Waals surface area contributed by atoms with E-state index in [1.165, 1.54) is 6.42 Å². The van der Waals surface area contributed by atoms with Gasteiger partial charge in [0, 0.05) is 11.1 Å². The van der Waals surface area contributed by atoms with Crippen LogP contribution < -0.4 is 24.3 Å². The number of hydrogen-bond acceptors (Lipinski definition) is 9. The molecule has 7 rings (SSSR count). The number of cyclic esters (lactones) is 1. The van der Waals surface area contributed by atoms with Crippen LogP contribution in [0.25, 0.3) is 0 Å². The monoisotopic (exact) mass is 564 g/mol. The van der Waals surface area contributed by atoms with Crippen molar-refractivity contribution in [3.05, 3.63) is 47.5 Å². The smallest absolute Gasteiger partial charge is 0.340 e. The minimum absolute atomic E-state index is 0.138. The molecule has 3 heterocycles. The number of carbonyl (C=O) groups is 3. The van der Waals surface area contributed by atoms with Gasteiger partial charge in [-0.25, -0.2) is 14.6 Å². The van der Waals surface area contributed by atoms with Crippen LogP contribution in [0.2, 0.25) is 0 Å². The second-order valence-corrected chi connectivity index (χ2v) is 10.9. The first-order valence-corrected chi connectivity index (χ1v) is 14.1. The highest BCUT2D eigenvalue weighted by molar-refractivity contribution is 6.08. The molecule has 1 amide bonds. The molecule has 3 aliphatic heterocycles. The molecule has 2 aliphatic carbocycles. The van der Waals surface area contributed by atoms with E-state index in [4.69, 9.17) is 23.7 Å². The minimum Gasteiger partial charge on any atom is -0.480 e. The van der Waals surface area contributed by atoms with Gasteiger partial charge in [-0.3, -0.25) is 4.79 Å². The Balaban J connectivity index is 0.000000148. The molecule has 2 fully saturated rings. The molecule has 2 N–H and O–H groups in total. The Morgan fingerprint density at radius 2 is 1.34 bits per heavy atom. The van der Waals surface area contributed by atoms with Crippen LogP contribution in [0, 0.1) is 0 Å². The van der Waals surface area contributed by atoms with Crippen molar-refractivity contribution >= 4 is 23.7 Å². The molecule has 0 aromatic heterocycles. The molecule has 0 atom stereocenters. The summed E-state index contributed by atoms with van der Waals surface area (Å²) >= 11 is 0. The van der Waals surface area contributed by atoms with Crippen LogP contribution in [0.4, 0.5) is 0 Å². The molecular formula is C30H32N2O9. The van der Waals surface area contributed by atoms with Crippen LogP contribution in [0.5, 0.6) is 23.0 Å². The van der Waals surface area contributed by atoms with Crippen LogP contribution in [0.1, 0.15) is 80.1 Å². The van der Waals surface area contributed by atoms with Crippen LogP contribution in [-0.4, -0.2) is 53.5 Å². The highest BCUT2D eigenvalue weighted by Gasteiger charge is 2.47. The number of esters is 1. The molecule has 2 saturated carbocycles. The second kappa shape index (κ2) is 10.9. The number of ether oxygens (including phenoxy) is 5. The Kier molecular flexibility index (Phi) is 7.19. The van der Waals surface area contributed by atoms with Crippen LogP contribution in [0.3, 0.4) is 0 Å². The standard InChI is InChI=1S/C15H17NO5.C15H15NO4/c17-13(10-4-5-11-12(8-10)21-9-20-11)16-15(14(18)19)6-2-1-3-7-15;17-14-15(6-2-1-3-7-15)16-13(20-14)10-4-5-11-12(8-10)19-9-18-11/h4-5,8H,1-3,6-7,9H2,(H,16,17)(H,18,19);4-5,8H,1-3,6-7,9H2. The fourth-order valence-electron chi connectivity index (χ4n) is 5.93. The van der Waals surface area contributed by atoms with Crippen molar-refractivity contribution in [3.8, 4) is 23.0 Å². The molecule has 11 nitrogen and oxygen atoms in total. The first kappa shape index (κ1) is 26.9. The summed E-state index contributed by atoms with van der Waals surface area (Å²) in [5.41, 5.74) is -0.633. The normalized spacial score (nSPS) is 20.9. The Morgan fingerprint density at radius 3 is 2.00 bits per heavy atom. The van der Waals surface area contributed by atoms with Gasteiger partial charge in [0.25, 0.3) is 5.91 Å². The van der Waals surface area contributed by atoms with Gasteiger partial charge in [0.2, 0.25) is 19.5 Å². The molecular weight excluding hydrogens is 532 g/mol. The molecule has 0 radical (unpaired) electrons. The van der Waals surface area contributed by atoms with Crippen molar-refractivity contribution in [1.82, 2.24) is 5.32 Å². The Bertz CT molecular complexity index is 1390. The summed E-state index contributed by atoms with van der Waals surface area (Å²) < 4.78 is 26.5. The number of amides is 1. The van der Waals surface area contributed by atoms with E-state index in [0.717, 1.165) is 50.5 Å². The first-order chi connectivity index (χ1) is 19.9. The van der Waals surface area contributed by atoms with Crippen molar-refractivity contribution in [2.75, 3.05) is 13.6 Å². The maximum absolute atomic E-state index is 12.4. The number of carbonyl (C=O) groups excluding carboxylic acids is 2. The van der Waals surface area contributed by atoms with Gasteiger partial charge in [0.15, 0.2) is 28.5 Å². The Labute approximate surface area is 236 Å². The highest BCUT2D eigenvalue weighted by Crippen LogP contribution is 2.39. The van der Waals surface area contributed by atoms with Crippen LogP contribution in [-0.2, 0) is 14.3 Å². The zero-order valence-corrected chi connectivity index (χ0v) is 22.6. The van der Waals surface area contributed by atoms with Crippen molar-refractivity contribution < 1.29 is 43.2 Å². The predicted molar refractivity (Wildman–Crippen MR) is 144 cm³/mol. The summed E-state index contributed by atoms with van der Waals surface area (Å²) in [6.07, 6.45) is 8.40. The molecule has 0 unspecified atom stereocenters. The summed E-state index contributed by atoms with van der Waals surface area (Å²) in [7, 11) is 0. The number of nitrogens with zero attached hydrogens (tertiary/aromatic N) is 1. The summed E-state index contributed by atoms with van der Waals surface area (Å²) in [4.78, 5) is 40.7. The zero-order chi connectivity index (χ0) is 28.5. The number of hydrogen-bond donors (Lipinski definition) is 2. The number of aliphatic imine (C=N–C) groups is 1. The van der Waals surface area contributed by atoms with Gasteiger partial charge in [-0.1, -0.05) is 38.5 Å². The maximum Gasteiger partial charge on any atom is 0.340 e. The summed E-state index contributed by atoms with van der Waals surface area (Å²) in [6, 6.07) is 10.3. The average Bonchev–Trinajstić information content (AvgIpc) is 3.73. The van der Waals surface area contributed by atoms with Crippen LogP contribution >= 0.6 is 0 Å². The first-order valence-electron chi connectivity index (χ1n) is 14.1. The van der Waals surface area contributed by atoms with E-state index in [0.29, 0.717) is 47.3 Å². The number of aliphatic carboxylic acids is 1. The van der Waals surface area contributed by atoms with E-state index in [2.05, 4.69) is 10.3 Å². The lowest BCUT2D eigenvalue weighted by Crippen LogP contribution is -2.55. The van der Waals surface area contributed by atoms with Gasteiger partial charge >= 0.3 is 11.9 Å². The second-order valence-electron chi connectivity index (χ2n) is 10.9. The highest BCUT2D eigenvalue weighted by atomic mass is 16.7. The number of carboxylic acids is 1. The van der Waals surface area contributed by atoms with E-state index in [9.17, 15) is 19.5 Å². The number of benzene rings is 2. The summed E-state index contributed by atoms with van der Waals surface area (Å²) in [5.74, 6) is 1.35. The number of fused-ring (bicyclic) bond motifs is 2. The van der Waals surface area contributed by atoms with Gasteiger partial charge in [-0.05, 0) is 62.1 Å². The van der Waals surface area contributed by atoms with E-state index in [1.807, 2.05) is 18.2 Å². The molecule has 41 heavy (non-hydrogen) atoms. The van der Waals surface area contributed by atoms with Crippen molar-refractivity contribution in [3.63, 3.8) is 0 Å². The van der Waals surface area contributed by atoms with Crippen molar-refractivity contribution in [2.45, 2.75) is 75.3 Å². The maximum atomic E-state index is 12.4. The largest absolute Gasteiger partial charge is 0.480 e. The molecule has 2 aromatic rings. The number of rotatable bonds is 4. The topological polar surface area (TPSA) is 142 Å². The SMILES string of the molecule is O=C(NC1(C(=O)O)CCCCC1)c1ccc2c(c1)OCO2.O=C1OC(c2ccc3c(c2)OCO3)=NC12CCCCC2. The third-order valence-corrected chi connectivity index (χ3v) is 8.29. The van der Waals surface area contributed by atoms with E-state index >= 15 is 0 Å². The fraction of sp³-hybridized carbons (Fsp3) is 0.467. The van der Waals surface area contributed by atoms with Gasteiger partial charge in [0.05, 0.1) is 0 Å². The van der Waals surface area contributed by atoms with Gasteiger partial charge < -0.3 is 34.1 Å². The molecule has 2 aromatic carbocycles. The number of nitrogens with one attached hydrogen (secondary N) is 1. The van der Waals surface area contributed by atoms with Gasteiger partial charge in [-0.15, -0.1) is 0 Å². The summed E-state index contributed by atoms with van der Waals surface area (Å²) in [5, 5.41) is 12.2.